The fourth-order valence-electron chi connectivity index (χ4n) is 4.25. The molecular weight excluding hydrogens is 380 g/mol. The predicted octanol–water partition coefficient (Wildman–Crippen LogP) is 2.21. The fourth-order valence-corrected chi connectivity index (χ4v) is 4.25. The lowest BCUT2D eigenvalue weighted by Gasteiger charge is -2.40. The summed E-state index contributed by atoms with van der Waals surface area (Å²) in [6.45, 7) is 6.12. The van der Waals surface area contributed by atoms with Gasteiger partial charge in [-0.1, -0.05) is 0 Å². The van der Waals surface area contributed by atoms with Crippen molar-refractivity contribution in [1.82, 2.24) is 19.9 Å². The number of carbonyl (C=O) groups is 1. The number of aromatic amines is 1. The minimum Gasteiger partial charge on any atom is -0.491 e. The van der Waals surface area contributed by atoms with E-state index in [4.69, 9.17) is 10.5 Å². The van der Waals surface area contributed by atoms with Crippen LogP contribution in [0.4, 0.5) is 5.82 Å². The van der Waals surface area contributed by atoms with E-state index in [1.807, 2.05) is 18.3 Å². The van der Waals surface area contributed by atoms with Crippen molar-refractivity contribution in [2.75, 3.05) is 38.2 Å². The quantitative estimate of drug-likeness (QED) is 0.622. The Balaban J connectivity index is 1.34. The summed E-state index contributed by atoms with van der Waals surface area (Å²) in [6.07, 6.45) is 7.33. The average molecular weight is 409 g/mol. The molecule has 1 aromatic carbocycles. The molecule has 0 bridgehead atoms. The van der Waals surface area contributed by atoms with Gasteiger partial charge in [-0.15, -0.1) is 0 Å². The van der Waals surface area contributed by atoms with Crippen molar-refractivity contribution >= 4 is 22.6 Å². The minimum absolute atomic E-state index is 0.341. The number of piperazine rings is 1. The first-order valence-corrected chi connectivity index (χ1v) is 10.3. The number of benzene rings is 1. The van der Waals surface area contributed by atoms with Crippen molar-refractivity contribution in [1.29, 1.82) is 0 Å². The number of aromatic nitrogens is 3. The molecule has 0 saturated carbocycles. The first-order chi connectivity index (χ1) is 14.6. The highest BCUT2D eigenvalue weighted by Crippen LogP contribution is 2.27. The van der Waals surface area contributed by atoms with Crippen LogP contribution < -0.4 is 15.4 Å². The summed E-state index contributed by atoms with van der Waals surface area (Å²) in [5, 5.41) is 1.08. The third kappa shape index (κ3) is 4.09. The molecule has 0 spiro atoms. The number of nitrogens with zero attached hydrogens (tertiary/aromatic N) is 4. The number of H-pyrrole nitrogens is 1. The van der Waals surface area contributed by atoms with Crippen molar-refractivity contribution in [2.45, 2.75) is 25.8 Å². The average Bonchev–Trinajstić information content (AvgIpc) is 3.16. The van der Waals surface area contributed by atoms with Gasteiger partial charge in [-0.05, 0) is 50.1 Å². The standard InChI is InChI=1S/C22H28N6O2/c1-15-13-27(8-9-28(15)22-20(30-2)12-24-14-26-22)7-3-4-17-11-25-19-6-5-16(21(23)29)10-18(17)19/h5-6,10-12,14-15,25H,3-4,7-9,13H2,1-2H3,(H2,23,29). The second kappa shape index (κ2) is 8.71. The van der Waals surface area contributed by atoms with Crippen molar-refractivity contribution in [2.24, 2.45) is 5.73 Å². The second-order valence-electron chi connectivity index (χ2n) is 7.80. The zero-order valence-electron chi connectivity index (χ0n) is 17.5. The van der Waals surface area contributed by atoms with E-state index in [1.165, 1.54) is 5.56 Å². The number of hydrogen-bond acceptors (Lipinski definition) is 6. The number of aryl methyl sites for hydroxylation is 1. The van der Waals surface area contributed by atoms with Crippen LogP contribution in [-0.2, 0) is 6.42 Å². The van der Waals surface area contributed by atoms with Crippen LogP contribution in [0.2, 0.25) is 0 Å². The number of carbonyl (C=O) groups excluding carboxylic acids is 1. The maximum absolute atomic E-state index is 11.5. The Morgan fingerprint density at radius 1 is 1.37 bits per heavy atom. The molecule has 3 aromatic rings. The highest BCUT2D eigenvalue weighted by atomic mass is 16.5. The largest absolute Gasteiger partial charge is 0.491 e. The number of rotatable bonds is 7. The van der Waals surface area contributed by atoms with Gasteiger partial charge in [0.2, 0.25) is 5.91 Å². The molecule has 1 saturated heterocycles. The maximum atomic E-state index is 11.5. The molecule has 1 fully saturated rings. The Hall–Kier alpha value is -3.13. The van der Waals surface area contributed by atoms with E-state index in [2.05, 4.69) is 31.7 Å². The van der Waals surface area contributed by atoms with Crippen molar-refractivity contribution in [3.8, 4) is 5.75 Å². The molecule has 0 radical (unpaired) electrons. The van der Waals surface area contributed by atoms with Crippen LogP contribution in [-0.4, -0.2) is 65.1 Å². The van der Waals surface area contributed by atoms with Gasteiger partial charge in [0.1, 0.15) is 6.33 Å². The molecule has 8 nitrogen and oxygen atoms in total. The van der Waals surface area contributed by atoms with Gasteiger partial charge in [0.05, 0.1) is 13.3 Å². The molecular formula is C22H28N6O2. The number of methoxy groups -OCH3 is 1. The van der Waals surface area contributed by atoms with Crippen molar-refractivity contribution < 1.29 is 9.53 Å². The summed E-state index contributed by atoms with van der Waals surface area (Å²) in [5.41, 5.74) is 8.24. The molecule has 3 N–H and O–H groups in total. The molecule has 1 amide bonds. The molecule has 30 heavy (non-hydrogen) atoms. The number of primary amides is 1. The number of nitrogens with two attached hydrogens (primary N) is 1. The zero-order valence-corrected chi connectivity index (χ0v) is 17.5. The number of hydrogen-bond donors (Lipinski definition) is 2. The van der Waals surface area contributed by atoms with Crippen molar-refractivity contribution in [3.05, 3.63) is 48.0 Å². The molecule has 2 aromatic heterocycles. The molecule has 1 atom stereocenters. The van der Waals surface area contributed by atoms with E-state index in [9.17, 15) is 4.79 Å². The Morgan fingerprint density at radius 3 is 3.00 bits per heavy atom. The van der Waals surface area contributed by atoms with E-state index in [-0.39, 0.29) is 0 Å². The van der Waals surface area contributed by atoms with Gasteiger partial charge in [0.25, 0.3) is 0 Å². The number of anilines is 1. The molecule has 8 heteroatoms. The Bertz CT molecular complexity index is 1030. The first kappa shape index (κ1) is 20.2. The lowest BCUT2D eigenvalue weighted by molar-refractivity contribution is 0.100. The summed E-state index contributed by atoms with van der Waals surface area (Å²) in [4.78, 5) is 28.0. The molecule has 0 aliphatic carbocycles. The van der Waals surface area contributed by atoms with Gasteiger partial charge in [-0.25, -0.2) is 9.97 Å². The van der Waals surface area contributed by atoms with Crippen LogP contribution >= 0.6 is 0 Å². The van der Waals surface area contributed by atoms with E-state index in [1.54, 1.807) is 25.7 Å². The van der Waals surface area contributed by atoms with Crippen LogP contribution in [0.1, 0.15) is 29.3 Å². The van der Waals surface area contributed by atoms with Crippen LogP contribution in [0.25, 0.3) is 10.9 Å². The Kier molecular flexibility index (Phi) is 5.85. The first-order valence-electron chi connectivity index (χ1n) is 10.3. The molecule has 1 unspecified atom stereocenters. The van der Waals surface area contributed by atoms with Crippen LogP contribution in [0, 0.1) is 0 Å². The van der Waals surface area contributed by atoms with Crippen molar-refractivity contribution in [3.63, 3.8) is 0 Å². The Labute approximate surface area is 176 Å². The van der Waals surface area contributed by atoms with Gasteiger partial charge in [-0.2, -0.15) is 0 Å². The van der Waals surface area contributed by atoms with Crippen LogP contribution in [0.3, 0.4) is 0 Å². The Morgan fingerprint density at radius 2 is 2.23 bits per heavy atom. The van der Waals surface area contributed by atoms with Gasteiger partial charge < -0.3 is 20.4 Å². The molecule has 1 aliphatic heterocycles. The monoisotopic (exact) mass is 408 g/mol. The SMILES string of the molecule is COc1cncnc1N1CCN(CCCc2c[nH]c3ccc(C(N)=O)cc23)CC1C. The summed E-state index contributed by atoms with van der Waals surface area (Å²) in [5.74, 6) is 1.19. The van der Waals surface area contributed by atoms with E-state index < -0.39 is 5.91 Å². The molecule has 158 valence electrons. The number of ether oxygens (including phenoxy) is 1. The van der Waals surface area contributed by atoms with Crippen LogP contribution in [0.15, 0.2) is 36.9 Å². The summed E-state index contributed by atoms with van der Waals surface area (Å²) >= 11 is 0. The topological polar surface area (TPSA) is 100 Å². The normalized spacial score (nSPS) is 17.4. The van der Waals surface area contributed by atoms with Gasteiger partial charge in [-0.3, -0.25) is 9.69 Å². The maximum Gasteiger partial charge on any atom is 0.248 e. The second-order valence-corrected chi connectivity index (χ2v) is 7.80. The van der Waals surface area contributed by atoms with Gasteiger partial charge in [0, 0.05) is 48.3 Å². The molecule has 1 aliphatic rings. The number of fused-ring (bicyclic) bond motifs is 1. The zero-order chi connectivity index (χ0) is 21.1. The lowest BCUT2D eigenvalue weighted by Crippen LogP contribution is -2.52. The number of amides is 1. The summed E-state index contributed by atoms with van der Waals surface area (Å²) in [6, 6.07) is 5.91. The highest BCUT2D eigenvalue weighted by molar-refractivity contribution is 5.97. The van der Waals surface area contributed by atoms with E-state index in [0.29, 0.717) is 17.4 Å². The third-order valence-electron chi connectivity index (χ3n) is 5.83. The smallest absolute Gasteiger partial charge is 0.248 e. The summed E-state index contributed by atoms with van der Waals surface area (Å²) < 4.78 is 5.43. The highest BCUT2D eigenvalue weighted by Gasteiger charge is 2.26. The minimum atomic E-state index is -0.392. The predicted molar refractivity (Wildman–Crippen MR) is 117 cm³/mol. The third-order valence-corrected chi connectivity index (χ3v) is 5.83. The lowest BCUT2D eigenvalue weighted by atomic mass is 10.1. The fraction of sp³-hybridized carbons (Fsp3) is 0.409. The van der Waals surface area contributed by atoms with E-state index in [0.717, 1.165) is 55.7 Å². The van der Waals surface area contributed by atoms with Gasteiger partial charge >= 0.3 is 0 Å². The molecule has 3 heterocycles. The molecule has 4 rings (SSSR count). The summed E-state index contributed by atoms with van der Waals surface area (Å²) in [7, 11) is 1.65. The van der Waals surface area contributed by atoms with E-state index >= 15 is 0 Å². The van der Waals surface area contributed by atoms with Crippen LogP contribution in [0.5, 0.6) is 5.75 Å². The van der Waals surface area contributed by atoms with Gasteiger partial charge in [0.15, 0.2) is 11.6 Å². The number of nitrogens with one attached hydrogen (secondary N) is 1.